The Kier molecular flexibility index (Phi) is 9.41. The molecule has 0 spiro atoms. The molecule has 2 aromatic carbocycles. The van der Waals surface area contributed by atoms with E-state index in [-0.39, 0.29) is 18.4 Å². The number of ether oxygens (including phenoxy) is 2. The number of carbonyl (C=O) groups is 3. The van der Waals surface area contributed by atoms with Gasteiger partial charge >= 0.3 is 5.97 Å². The van der Waals surface area contributed by atoms with Gasteiger partial charge < -0.3 is 20.1 Å². The maximum absolute atomic E-state index is 13.1. The van der Waals surface area contributed by atoms with E-state index >= 15 is 0 Å². The number of hydrogen-bond donors (Lipinski definition) is 2. The lowest BCUT2D eigenvalue weighted by molar-refractivity contribution is -0.122. The maximum Gasteiger partial charge on any atom is 0.341 e. The maximum atomic E-state index is 13.1. The summed E-state index contributed by atoms with van der Waals surface area (Å²) in [5.74, 6) is -0.469. The number of nitrogens with one attached hydrogen (secondary N) is 2. The van der Waals surface area contributed by atoms with E-state index in [0.29, 0.717) is 21.9 Å². The van der Waals surface area contributed by atoms with E-state index in [1.165, 1.54) is 11.3 Å². The molecule has 0 radical (unpaired) electrons. The first-order valence-corrected chi connectivity index (χ1v) is 14.5. The van der Waals surface area contributed by atoms with Gasteiger partial charge in [0.15, 0.2) is 6.10 Å². The van der Waals surface area contributed by atoms with Crippen molar-refractivity contribution < 1.29 is 23.9 Å². The van der Waals surface area contributed by atoms with Crippen molar-refractivity contribution in [3.05, 3.63) is 75.2 Å². The van der Waals surface area contributed by atoms with Gasteiger partial charge in [-0.1, -0.05) is 32.0 Å². The minimum atomic E-state index is -0.733. The summed E-state index contributed by atoms with van der Waals surface area (Å²) in [6.07, 6.45) is 4.72. The summed E-state index contributed by atoms with van der Waals surface area (Å²) in [4.78, 5) is 39.8. The molecular weight excluding hydrogens is 512 g/mol. The van der Waals surface area contributed by atoms with E-state index in [2.05, 4.69) is 24.5 Å². The third kappa shape index (κ3) is 6.50. The molecule has 1 aliphatic carbocycles. The highest BCUT2D eigenvalue weighted by Gasteiger charge is 2.27. The Balaban J connectivity index is 1.43. The summed E-state index contributed by atoms with van der Waals surface area (Å²) in [5.41, 5.74) is 4.94. The van der Waals surface area contributed by atoms with Crippen LogP contribution in [0, 0.1) is 0 Å². The van der Waals surface area contributed by atoms with Crippen molar-refractivity contribution >= 4 is 39.8 Å². The lowest BCUT2D eigenvalue weighted by Crippen LogP contribution is -2.31. The lowest BCUT2D eigenvalue weighted by Gasteiger charge is -2.18. The molecule has 0 saturated heterocycles. The Morgan fingerprint density at radius 2 is 1.59 bits per heavy atom. The van der Waals surface area contributed by atoms with Crippen LogP contribution in [0.1, 0.15) is 82.8 Å². The second-order valence-corrected chi connectivity index (χ2v) is 10.6. The van der Waals surface area contributed by atoms with E-state index in [1.807, 2.05) is 18.2 Å². The normalized spacial score (nSPS) is 13.2. The van der Waals surface area contributed by atoms with Crippen LogP contribution in [0.4, 0.5) is 10.7 Å². The summed E-state index contributed by atoms with van der Waals surface area (Å²) in [6.45, 7) is 7.87. The molecule has 8 heteroatoms. The number of aryl methyl sites for hydroxylation is 3. The van der Waals surface area contributed by atoms with Crippen LogP contribution in [-0.4, -0.2) is 30.5 Å². The summed E-state index contributed by atoms with van der Waals surface area (Å²) >= 11 is 1.46. The van der Waals surface area contributed by atoms with Crippen LogP contribution < -0.4 is 15.4 Å². The zero-order valence-electron chi connectivity index (χ0n) is 23.0. The summed E-state index contributed by atoms with van der Waals surface area (Å²) in [6, 6.07) is 12.7. The highest BCUT2D eigenvalue weighted by molar-refractivity contribution is 7.17. The fraction of sp³-hybridized carbons (Fsp3) is 0.387. The lowest BCUT2D eigenvalue weighted by atomic mass is 9.95. The number of para-hydroxylation sites is 1. The molecule has 2 amide bonds. The Labute approximate surface area is 233 Å². The molecule has 1 aliphatic rings. The van der Waals surface area contributed by atoms with Gasteiger partial charge in [-0.05, 0) is 93.3 Å². The molecule has 3 aromatic rings. The molecule has 206 valence electrons. The highest BCUT2D eigenvalue weighted by Crippen LogP contribution is 2.39. The predicted molar refractivity (Wildman–Crippen MR) is 155 cm³/mol. The Morgan fingerprint density at radius 3 is 2.23 bits per heavy atom. The third-order valence-electron chi connectivity index (χ3n) is 6.92. The fourth-order valence-corrected chi connectivity index (χ4v) is 6.09. The van der Waals surface area contributed by atoms with Crippen LogP contribution in [0.2, 0.25) is 0 Å². The molecule has 0 bridgehead atoms. The Morgan fingerprint density at radius 1 is 0.923 bits per heavy atom. The number of amides is 2. The van der Waals surface area contributed by atoms with Crippen molar-refractivity contribution in [2.24, 2.45) is 0 Å². The topological polar surface area (TPSA) is 93.7 Å². The van der Waals surface area contributed by atoms with Crippen LogP contribution >= 0.6 is 11.3 Å². The smallest absolute Gasteiger partial charge is 0.341 e. The van der Waals surface area contributed by atoms with Gasteiger partial charge in [-0.2, -0.15) is 0 Å². The van der Waals surface area contributed by atoms with Gasteiger partial charge in [-0.25, -0.2) is 4.79 Å². The number of thiophene rings is 1. The fourth-order valence-electron chi connectivity index (χ4n) is 4.82. The van der Waals surface area contributed by atoms with Gasteiger partial charge in [0.2, 0.25) is 0 Å². The second-order valence-electron chi connectivity index (χ2n) is 9.52. The number of fused-ring (bicyclic) bond motifs is 1. The van der Waals surface area contributed by atoms with Crippen LogP contribution in [0.25, 0.3) is 0 Å². The molecule has 0 saturated carbocycles. The minimum absolute atomic E-state index is 0.236. The van der Waals surface area contributed by atoms with Crippen molar-refractivity contribution in [1.82, 2.24) is 0 Å². The molecule has 39 heavy (non-hydrogen) atoms. The van der Waals surface area contributed by atoms with Crippen LogP contribution in [-0.2, 0) is 35.2 Å². The Bertz CT molecular complexity index is 1320. The van der Waals surface area contributed by atoms with E-state index in [0.717, 1.165) is 65.8 Å². The van der Waals surface area contributed by atoms with E-state index < -0.39 is 12.1 Å². The van der Waals surface area contributed by atoms with E-state index in [9.17, 15) is 14.4 Å². The zero-order chi connectivity index (χ0) is 27.9. The number of esters is 1. The first-order chi connectivity index (χ1) is 18.9. The van der Waals surface area contributed by atoms with Crippen molar-refractivity contribution in [2.75, 3.05) is 17.2 Å². The standard InChI is InChI=1S/C31H36N2O5S/c1-5-20-11-10-12-21(6-2)27(20)32-28(34)19(4)38-23-17-15-22(16-18-23)29(35)33-30-26(31(36)37-7-3)24-13-8-9-14-25(24)39-30/h10-12,15-19H,5-9,13-14H2,1-4H3,(H,32,34)(H,33,35)/t19-/m1/s1. The molecule has 0 unspecified atom stereocenters. The number of carbonyl (C=O) groups excluding carboxylic acids is 3. The molecule has 0 fully saturated rings. The van der Waals surface area contributed by atoms with Crippen molar-refractivity contribution in [3.8, 4) is 5.75 Å². The monoisotopic (exact) mass is 548 g/mol. The molecule has 1 aromatic heterocycles. The molecule has 1 atom stereocenters. The SMILES string of the molecule is CCOC(=O)c1c(NC(=O)c2ccc(O[C@H](C)C(=O)Nc3c(CC)cccc3CC)cc2)sc2c1CCCC2. The van der Waals surface area contributed by atoms with Crippen LogP contribution in [0.15, 0.2) is 42.5 Å². The highest BCUT2D eigenvalue weighted by atomic mass is 32.1. The first kappa shape index (κ1) is 28.4. The molecular formula is C31H36N2O5S. The van der Waals surface area contributed by atoms with Gasteiger partial charge in [-0.3, -0.25) is 9.59 Å². The van der Waals surface area contributed by atoms with E-state index in [4.69, 9.17) is 9.47 Å². The third-order valence-corrected chi connectivity index (χ3v) is 8.13. The van der Waals surface area contributed by atoms with Gasteiger partial charge in [0.05, 0.1) is 12.2 Å². The number of anilines is 2. The number of rotatable bonds is 10. The summed E-state index contributed by atoms with van der Waals surface area (Å²) < 4.78 is 11.2. The number of hydrogen-bond acceptors (Lipinski definition) is 6. The van der Waals surface area contributed by atoms with Gasteiger partial charge in [-0.15, -0.1) is 11.3 Å². The summed E-state index contributed by atoms with van der Waals surface area (Å²) in [5, 5.41) is 6.50. The van der Waals surface area contributed by atoms with Crippen LogP contribution in [0.5, 0.6) is 5.75 Å². The average molecular weight is 549 g/mol. The molecule has 1 heterocycles. The minimum Gasteiger partial charge on any atom is -0.481 e. The zero-order valence-corrected chi connectivity index (χ0v) is 23.8. The number of benzene rings is 2. The van der Waals surface area contributed by atoms with Crippen molar-refractivity contribution in [2.45, 2.75) is 72.3 Å². The quantitative estimate of drug-likeness (QED) is 0.279. The van der Waals surface area contributed by atoms with Crippen LogP contribution in [0.3, 0.4) is 0 Å². The molecule has 2 N–H and O–H groups in total. The predicted octanol–water partition coefficient (Wildman–Crippen LogP) is 6.59. The molecule has 7 nitrogen and oxygen atoms in total. The molecule has 4 rings (SSSR count). The van der Waals surface area contributed by atoms with Gasteiger partial charge in [0.25, 0.3) is 11.8 Å². The van der Waals surface area contributed by atoms with Crippen molar-refractivity contribution in [1.29, 1.82) is 0 Å². The second kappa shape index (κ2) is 12.9. The largest absolute Gasteiger partial charge is 0.481 e. The van der Waals surface area contributed by atoms with Crippen molar-refractivity contribution in [3.63, 3.8) is 0 Å². The average Bonchev–Trinajstić information content (AvgIpc) is 3.31. The first-order valence-electron chi connectivity index (χ1n) is 13.7. The van der Waals surface area contributed by atoms with E-state index in [1.54, 1.807) is 38.1 Å². The summed E-state index contributed by atoms with van der Waals surface area (Å²) in [7, 11) is 0. The van der Waals surface area contributed by atoms with Gasteiger partial charge in [0, 0.05) is 16.1 Å². The van der Waals surface area contributed by atoms with Gasteiger partial charge in [0.1, 0.15) is 10.8 Å². The Hall–Kier alpha value is -3.65. The molecule has 0 aliphatic heterocycles.